The van der Waals surface area contributed by atoms with Gasteiger partial charge in [-0.25, -0.2) is 9.59 Å². The highest BCUT2D eigenvalue weighted by atomic mass is 16.5. The number of hydrogen-bond acceptors (Lipinski definition) is 4. The number of nitrogens with one attached hydrogen (secondary N) is 3. The molecule has 24 heavy (non-hydrogen) atoms. The number of carbonyl (C=O) groups is 2. The normalized spacial score (nSPS) is 22.0. The SMILES string of the molecule is CCOC(=O)C1=C(C[NH+]2CCCCC2)NC(=O)N[C@H]1c1ccco1. The first kappa shape index (κ1) is 16.6. The first-order valence-electron chi connectivity index (χ1n) is 8.53. The lowest BCUT2D eigenvalue weighted by Gasteiger charge is -2.30. The van der Waals surface area contributed by atoms with Gasteiger partial charge in [-0.2, -0.15) is 0 Å². The van der Waals surface area contributed by atoms with Crippen LogP contribution in [0.15, 0.2) is 34.1 Å². The van der Waals surface area contributed by atoms with Crippen molar-refractivity contribution in [1.82, 2.24) is 10.6 Å². The Balaban J connectivity index is 1.93. The molecule has 1 aromatic heterocycles. The number of carbonyl (C=O) groups excluding carboxylic acids is 2. The van der Waals surface area contributed by atoms with Crippen molar-refractivity contribution >= 4 is 12.0 Å². The minimum atomic E-state index is -0.619. The van der Waals surface area contributed by atoms with E-state index in [-0.39, 0.29) is 12.6 Å². The van der Waals surface area contributed by atoms with Crippen LogP contribution in [0.3, 0.4) is 0 Å². The Labute approximate surface area is 141 Å². The first-order valence-corrected chi connectivity index (χ1v) is 8.53. The molecule has 130 valence electrons. The Hall–Kier alpha value is -2.28. The number of rotatable bonds is 5. The summed E-state index contributed by atoms with van der Waals surface area (Å²) in [5, 5.41) is 5.57. The highest BCUT2D eigenvalue weighted by Crippen LogP contribution is 2.27. The average Bonchev–Trinajstić information content (AvgIpc) is 3.10. The van der Waals surface area contributed by atoms with E-state index in [1.807, 2.05) is 0 Å². The molecule has 2 amide bonds. The second kappa shape index (κ2) is 7.53. The fourth-order valence-corrected chi connectivity index (χ4v) is 3.35. The maximum atomic E-state index is 12.5. The maximum absolute atomic E-state index is 12.5. The minimum Gasteiger partial charge on any atom is -0.467 e. The van der Waals surface area contributed by atoms with Gasteiger partial charge in [0.2, 0.25) is 0 Å². The van der Waals surface area contributed by atoms with Crippen LogP contribution in [-0.4, -0.2) is 38.2 Å². The van der Waals surface area contributed by atoms with Gasteiger partial charge in [-0.15, -0.1) is 0 Å². The van der Waals surface area contributed by atoms with E-state index in [2.05, 4.69) is 10.6 Å². The maximum Gasteiger partial charge on any atom is 0.338 e. The van der Waals surface area contributed by atoms with Crippen LogP contribution in [0.5, 0.6) is 0 Å². The van der Waals surface area contributed by atoms with Crippen molar-refractivity contribution in [1.29, 1.82) is 0 Å². The van der Waals surface area contributed by atoms with Crippen LogP contribution in [0.1, 0.15) is 38.0 Å². The van der Waals surface area contributed by atoms with E-state index in [1.165, 1.54) is 30.4 Å². The highest BCUT2D eigenvalue weighted by Gasteiger charge is 2.36. The number of likely N-dealkylation sites (tertiary alicyclic amines) is 1. The van der Waals surface area contributed by atoms with Crippen molar-refractivity contribution in [3.8, 4) is 0 Å². The topological polar surface area (TPSA) is 85.0 Å². The molecule has 0 aromatic carbocycles. The summed E-state index contributed by atoms with van der Waals surface area (Å²) in [5.74, 6) is 0.108. The molecule has 0 spiro atoms. The molecule has 3 heterocycles. The third-order valence-electron chi connectivity index (χ3n) is 4.46. The number of piperidine rings is 1. The zero-order valence-corrected chi connectivity index (χ0v) is 13.9. The monoisotopic (exact) mass is 334 g/mol. The van der Waals surface area contributed by atoms with E-state index in [0.717, 1.165) is 13.1 Å². The summed E-state index contributed by atoms with van der Waals surface area (Å²) in [6, 6.07) is 2.55. The van der Waals surface area contributed by atoms with Crippen LogP contribution in [0, 0.1) is 0 Å². The van der Waals surface area contributed by atoms with Crippen LogP contribution in [0.2, 0.25) is 0 Å². The Bertz CT molecular complexity index is 618. The zero-order valence-electron chi connectivity index (χ0n) is 13.9. The van der Waals surface area contributed by atoms with Crippen molar-refractivity contribution in [3.63, 3.8) is 0 Å². The van der Waals surface area contributed by atoms with E-state index in [0.29, 0.717) is 23.6 Å². The lowest BCUT2D eigenvalue weighted by Crippen LogP contribution is -3.13. The molecule has 0 unspecified atom stereocenters. The molecule has 1 atom stereocenters. The number of amides is 2. The Morgan fingerprint density at radius 3 is 2.83 bits per heavy atom. The van der Waals surface area contributed by atoms with Crippen molar-refractivity contribution in [2.45, 2.75) is 32.2 Å². The third-order valence-corrected chi connectivity index (χ3v) is 4.46. The lowest BCUT2D eigenvalue weighted by atomic mass is 9.99. The summed E-state index contributed by atoms with van der Waals surface area (Å²) in [4.78, 5) is 26.0. The van der Waals surface area contributed by atoms with Crippen molar-refractivity contribution in [2.24, 2.45) is 0 Å². The first-order chi connectivity index (χ1) is 11.7. The molecule has 2 aliphatic rings. The van der Waals surface area contributed by atoms with Gasteiger partial charge in [0.1, 0.15) is 18.3 Å². The van der Waals surface area contributed by atoms with Gasteiger partial charge in [-0.1, -0.05) is 0 Å². The predicted octanol–water partition coefficient (Wildman–Crippen LogP) is 0.520. The van der Waals surface area contributed by atoms with Gasteiger partial charge >= 0.3 is 12.0 Å². The van der Waals surface area contributed by atoms with Crippen LogP contribution in [0.25, 0.3) is 0 Å². The summed E-state index contributed by atoms with van der Waals surface area (Å²) in [6.07, 6.45) is 5.12. The number of ether oxygens (including phenoxy) is 1. The second-order valence-corrected chi connectivity index (χ2v) is 6.15. The summed E-state index contributed by atoms with van der Waals surface area (Å²) in [7, 11) is 0. The predicted molar refractivity (Wildman–Crippen MR) is 86.2 cm³/mol. The Morgan fingerprint density at radius 1 is 1.38 bits per heavy atom. The molecule has 0 radical (unpaired) electrons. The summed E-state index contributed by atoms with van der Waals surface area (Å²) in [6.45, 7) is 4.76. The van der Waals surface area contributed by atoms with Crippen LogP contribution >= 0.6 is 0 Å². The van der Waals surface area contributed by atoms with Crippen LogP contribution in [-0.2, 0) is 9.53 Å². The molecule has 0 bridgehead atoms. The molecule has 3 rings (SSSR count). The van der Waals surface area contributed by atoms with E-state index in [4.69, 9.17) is 9.15 Å². The smallest absolute Gasteiger partial charge is 0.338 e. The highest BCUT2D eigenvalue weighted by molar-refractivity contribution is 5.95. The van der Waals surface area contributed by atoms with Gasteiger partial charge in [0.25, 0.3) is 0 Å². The van der Waals surface area contributed by atoms with Crippen molar-refractivity contribution < 1.29 is 23.6 Å². The second-order valence-electron chi connectivity index (χ2n) is 6.15. The number of esters is 1. The minimum absolute atomic E-state index is 0.283. The molecule has 7 nitrogen and oxygen atoms in total. The van der Waals surface area contributed by atoms with Gasteiger partial charge < -0.3 is 24.7 Å². The largest absolute Gasteiger partial charge is 0.467 e. The molecular weight excluding hydrogens is 310 g/mol. The molecule has 2 aliphatic heterocycles. The fourth-order valence-electron chi connectivity index (χ4n) is 3.35. The van der Waals surface area contributed by atoms with Gasteiger partial charge in [0.15, 0.2) is 0 Å². The molecule has 0 saturated carbocycles. The number of quaternary nitrogens is 1. The molecule has 1 saturated heterocycles. The zero-order chi connectivity index (χ0) is 16.9. The molecule has 1 fully saturated rings. The van der Waals surface area contributed by atoms with Crippen LogP contribution in [0.4, 0.5) is 4.79 Å². The standard InChI is InChI=1S/C17H23N3O4/c1-2-23-16(21)14-12(11-20-8-4-3-5-9-20)18-17(22)19-15(14)13-7-6-10-24-13/h6-7,10,15H,2-5,8-9,11H2,1H3,(H2,18,19,22)/p+1/t15-/m0/s1. The molecule has 0 aliphatic carbocycles. The Morgan fingerprint density at radius 2 is 2.17 bits per heavy atom. The van der Waals surface area contributed by atoms with E-state index >= 15 is 0 Å². The number of furan rings is 1. The van der Waals surface area contributed by atoms with Gasteiger partial charge in [-0.05, 0) is 38.3 Å². The van der Waals surface area contributed by atoms with Crippen LogP contribution < -0.4 is 15.5 Å². The Kier molecular flexibility index (Phi) is 5.20. The molecular formula is C17H24N3O4+. The van der Waals surface area contributed by atoms with Gasteiger partial charge in [0, 0.05) is 0 Å². The van der Waals surface area contributed by atoms with Crippen molar-refractivity contribution in [2.75, 3.05) is 26.2 Å². The fraction of sp³-hybridized carbons (Fsp3) is 0.529. The van der Waals surface area contributed by atoms with E-state index in [9.17, 15) is 9.59 Å². The van der Waals surface area contributed by atoms with Gasteiger partial charge in [0.05, 0.1) is 37.2 Å². The number of urea groups is 1. The summed E-state index contributed by atoms with van der Waals surface area (Å²) in [5.41, 5.74) is 1.07. The van der Waals surface area contributed by atoms with E-state index in [1.54, 1.807) is 19.1 Å². The van der Waals surface area contributed by atoms with Crippen molar-refractivity contribution in [3.05, 3.63) is 35.4 Å². The number of hydrogen-bond donors (Lipinski definition) is 3. The third kappa shape index (κ3) is 3.62. The molecule has 3 N–H and O–H groups in total. The van der Waals surface area contributed by atoms with Gasteiger partial charge in [-0.3, -0.25) is 0 Å². The quantitative estimate of drug-likeness (QED) is 0.686. The van der Waals surface area contributed by atoms with E-state index < -0.39 is 12.0 Å². The summed E-state index contributed by atoms with van der Waals surface area (Å²) >= 11 is 0. The lowest BCUT2D eigenvalue weighted by molar-refractivity contribution is -0.900. The average molecular weight is 334 g/mol. The summed E-state index contributed by atoms with van der Waals surface area (Å²) < 4.78 is 10.7. The molecule has 1 aromatic rings. The molecule has 7 heteroatoms.